The minimum Gasteiger partial charge on any atom is -0.481 e. The van der Waals surface area contributed by atoms with Crippen molar-refractivity contribution in [2.24, 2.45) is 5.92 Å². The molecule has 1 amide bonds. The van der Waals surface area contributed by atoms with E-state index in [-0.39, 0.29) is 6.61 Å². The molecule has 25 heavy (non-hydrogen) atoms. The maximum Gasteiger partial charge on any atom is 0.409 e. The number of rotatable bonds is 8. The molecule has 2 atom stereocenters. The van der Waals surface area contributed by atoms with Gasteiger partial charge in [-0.2, -0.15) is 13.2 Å². The standard InChI is InChI=1S/C15H16F3NO6/c16-15(17,18)12(10(13(22)23)6-7-11(20)21)19-14(24)25-8-9-4-2-1-3-5-9/h1-5,10,12H,6-8H2,(H,19,24)(H,20,21)(H,22,23). The van der Waals surface area contributed by atoms with Gasteiger partial charge in [0.2, 0.25) is 0 Å². The Morgan fingerprint density at radius 3 is 2.20 bits per heavy atom. The smallest absolute Gasteiger partial charge is 0.409 e. The van der Waals surface area contributed by atoms with Crippen LogP contribution in [0.4, 0.5) is 18.0 Å². The summed E-state index contributed by atoms with van der Waals surface area (Å²) in [5.41, 5.74) is 0.530. The number of alkyl carbamates (subject to hydrolysis) is 1. The second-order valence-electron chi connectivity index (χ2n) is 5.10. The van der Waals surface area contributed by atoms with Crippen molar-refractivity contribution in [3.05, 3.63) is 35.9 Å². The van der Waals surface area contributed by atoms with Gasteiger partial charge in [0, 0.05) is 6.42 Å². The summed E-state index contributed by atoms with van der Waals surface area (Å²) < 4.78 is 43.9. The quantitative estimate of drug-likeness (QED) is 0.654. The maximum atomic E-state index is 13.1. The number of carboxylic acids is 2. The fourth-order valence-corrected chi connectivity index (χ4v) is 2.01. The minimum absolute atomic E-state index is 0.301. The fraction of sp³-hybridized carbons (Fsp3) is 0.400. The molecular weight excluding hydrogens is 347 g/mol. The maximum absolute atomic E-state index is 13.1. The van der Waals surface area contributed by atoms with Gasteiger partial charge in [-0.1, -0.05) is 30.3 Å². The lowest BCUT2D eigenvalue weighted by Crippen LogP contribution is -2.52. The molecule has 138 valence electrons. The van der Waals surface area contributed by atoms with Crippen molar-refractivity contribution >= 4 is 18.0 Å². The molecule has 2 unspecified atom stereocenters. The Morgan fingerprint density at radius 1 is 1.12 bits per heavy atom. The van der Waals surface area contributed by atoms with Gasteiger partial charge < -0.3 is 20.3 Å². The summed E-state index contributed by atoms with van der Waals surface area (Å²) in [6.45, 7) is -0.301. The highest BCUT2D eigenvalue weighted by atomic mass is 19.4. The number of amides is 1. The number of hydrogen-bond donors (Lipinski definition) is 3. The van der Waals surface area contributed by atoms with Gasteiger partial charge >= 0.3 is 24.2 Å². The summed E-state index contributed by atoms with van der Waals surface area (Å²) in [4.78, 5) is 33.2. The van der Waals surface area contributed by atoms with Gasteiger partial charge in [-0.15, -0.1) is 0 Å². The van der Waals surface area contributed by atoms with E-state index in [1.165, 1.54) is 5.32 Å². The first-order valence-electron chi connectivity index (χ1n) is 7.09. The van der Waals surface area contributed by atoms with Gasteiger partial charge in [-0.3, -0.25) is 9.59 Å². The fourth-order valence-electron chi connectivity index (χ4n) is 2.01. The zero-order valence-corrected chi connectivity index (χ0v) is 12.8. The van der Waals surface area contributed by atoms with Crippen molar-refractivity contribution in [2.75, 3.05) is 0 Å². The first kappa shape index (κ1) is 20.3. The SMILES string of the molecule is O=C(O)CCC(C(=O)O)C(NC(=O)OCc1ccccc1)C(F)(F)F. The largest absolute Gasteiger partial charge is 0.481 e. The Hall–Kier alpha value is -2.78. The molecule has 0 fully saturated rings. The van der Waals surface area contributed by atoms with Crippen LogP contribution in [0.25, 0.3) is 0 Å². The number of carbonyl (C=O) groups excluding carboxylic acids is 1. The van der Waals surface area contributed by atoms with Crippen LogP contribution >= 0.6 is 0 Å². The van der Waals surface area contributed by atoms with Gasteiger partial charge in [0.05, 0.1) is 5.92 Å². The lowest BCUT2D eigenvalue weighted by atomic mass is 9.94. The first-order valence-corrected chi connectivity index (χ1v) is 7.09. The summed E-state index contributed by atoms with van der Waals surface area (Å²) in [5.74, 6) is -5.47. The van der Waals surface area contributed by atoms with E-state index >= 15 is 0 Å². The minimum atomic E-state index is -5.09. The monoisotopic (exact) mass is 363 g/mol. The van der Waals surface area contributed by atoms with Gasteiger partial charge in [0.15, 0.2) is 0 Å². The highest BCUT2D eigenvalue weighted by Crippen LogP contribution is 2.29. The van der Waals surface area contributed by atoms with E-state index < -0.39 is 49.0 Å². The molecule has 0 bridgehead atoms. The van der Waals surface area contributed by atoms with Gasteiger partial charge in [0.25, 0.3) is 0 Å². The second kappa shape index (κ2) is 8.90. The molecule has 0 aliphatic rings. The second-order valence-corrected chi connectivity index (χ2v) is 5.10. The predicted molar refractivity (Wildman–Crippen MR) is 77.6 cm³/mol. The number of nitrogens with one attached hydrogen (secondary N) is 1. The molecule has 1 aromatic carbocycles. The molecule has 0 aliphatic carbocycles. The zero-order chi connectivity index (χ0) is 19.0. The molecule has 0 aromatic heterocycles. The van der Waals surface area contributed by atoms with Crippen LogP contribution in [0.5, 0.6) is 0 Å². The third kappa shape index (κ3) is 7.10. The molecular formula is C15H16F3NO6. The Bertz CT molecular complexity index is 605. The molecule has 0 saturated carbocycles. The Balaban J connectivity index is 2.78. The van der Waals surface area contributed by atoms with Crippen molar-refractivity contribution in [1.29, 1.82) is 0 Å². The molecule has 1 aromatic rings. The molecule has 1 rings (SSSR count). The number of ether oxygens (including phenoxy) is 1. The van der Waals surface area contributed by atoms with Crippen LogP contribution in [0, 0.1) is 5.92 Å². The van der Waals surface area contributed by atoms with E-state index in [0.29, 0.717) is 5.56 Å². The van der Waals surface area contributed by atoms with Crippen molar-refractivity contribution in [3.63, 3.8) is 0 Å². The average molecular weight is 363 g/mol. The van der Waals surface area contributed by atoms with E-state index in [2.05, 4.69) is 4.74 Å². The van der Waals surface area contributed by atoms with Crippen molar-refractivity contribution in [2.45, 2.75) is 31.7 Å². The van der Waals surface area contributed by atoms with Crippen LogP contribution in [0.15, 0.2) is 30.3 Å². The number of halogens is 3. The van der Waals surface area contributed by atoms with Crippen LogP contribution in [0.2, 0.25) is 0 Å². The summed E-state index contributed by atoms with van der Waals surface area (Å²) in [6, 6.07) is 5.38. The lowest BCUT2D eigenvalue weighted by molar-refractivity contribution is -0.179. The van der Waals surface area contributed by atoms with Crippen molar-refractivity contribution in [1.82, 2.24) is 5.32 Å². The zero-order valence-electron chi connectivity index (χ0n) is 12.8. The van der Waals surface area contributed by atoms with Gasteiger partial charge in [-0.05, 0) is 12.0 Å². The Labute approximate surface area is 140 Å². The number of carbonyl (C=O) groups is 3. The highest BCUT2D eigenvalue weighted by Gasteiger charge is 2.48. The molecule has 3 N–H and O–H groups in total. The van der Waals surface area contributed by atoms with Gasteiger partial charge in [-0.25, -0.2) is 4.79 Å². The Morgan fingerprint density at radius 2 is 1.72 bits per heavy atom. The van der Waals surface area contributed by atoms with Crippen LogP contribution < -0.4 is 5.32 Å². The first-order chi connectivity index (χ1) is 11.6. The third-order valence-corrected chi connectivity index (χ3v) is 3.23. The van der Waals surface area contributed by atoms with E-state index in [0.717, 1.165) is 0 Å². The van der Waals surface area contributed by atoms with Gasteiger partial charge in [0.1, 0.15) is 12.6 Å². The van der Waals surface area contributed by atoms with E-state index in [1.807, 2.05) is 0 Å². The number of alkyl halides is 3. The lowest BCUT2D eigenvalue weighted by Gasteiger charge is -2.26. The molecule has 0 aliphatic heterocycles. The molecule has 7 nitrogen and oxygen atoms in total. The third-order valence-electron chi connectivity index (χ3n) is 3.23. The highest BCUT2D eigenvalue weighted by molar-refractivity contribution is 5.75. The number of carboxylic acid groups (broad SMARTS) is 2. The van der Waals surface area contributed by atoms with Crippen LogP contribution in [-0.2, 0) is 20.9 Å². The summed E-state index contributed by atoms with van der Waals surface area (Å²) >= 11 is 0. The Kier molecular flexibility index (Phi) is 7.22. The molecule has 0 radical (unpaired) electrons. The van der Waals surface area contributed by atoms with E-state index in [9.17, 15) is 27.6 Å². The number of hydrogen-bond acceptors (Lipinski definition) is 4. The normalized spacial score (nSPS) is 13.6. The summed E-state index contributed by atoms with van der Waals surface area (Å²) in [7, 11) is 0. The number of benzene rings is 1. The number of aliphatic carboxylic acids is 2. The van der Waals surface area contributed by atoms with Crippen LogP contribution in [0.3, 0.4) is 0 Å². The molecule has 0 spiro atoms. The van der Waals surface area contributed by atoms with Crippen molar-refractivity contribution < 1.29 is 42.5 Å². The topological polar surface area (TPSA) is 113 Å². The van der Waals surface area contributed by atoms with Crippen LogP contribution in [-0.4, -0.2) is 40.5 Å². The average Bonchev–Trinajstić information content (AvgIpc) is 2.51. The summed E-state index contributed by atoms with van der Waals surface area (Å²) in [5, 5.41) is 19.0. The molecule has 0 heterocycles. The summed E-state index contributed by atoms with van der Waals surface area (Å²) in [6.07, 6.45) is -8.13. The predicted octanol–water partition coefficient (Wildman–Crippen LogP) is 2.41. The van der Waals surface area contributed by atoms with E-state index in [4.69, 9.17) is 10.2 Å². The molecule has 10 heteroatoms. The van der Waals surface area contributed by atoms with Crippen molar-refractivity contribution in [3.8, 4) is 0 Å². The molecule has 0 saturated heterocycles. The van der Waals surface area contributed by atoms with E-state index in [1.54, 1.807) is 30.3 Å². The van der Waals surface area contributed by atoms with Crippen LogP contribution in [0.1, 0.15) is 18.4 Å².